The molecule has 4 unspecified atom stereocenters. The van der Waals surface area contributed by atoms with Crippen LogP contribution in [0.1, 0.15) is 12.5 Å². The summed E-state index contributed by atoms with van der Waals surface area (Å²) in [6.07, 6.45) is -5.85. The first-order chi connectivity index (χ1) is 19.6. The molecule has 0 aromatic carbocycles. The fourth-order valence-corrected chi connectivity index (χ4v) is 5.42. The van der Waals surface area contributed by atoms with Gasteiger partial charge in [-0.05, 0) is 0 Å². The van der Waals surface area contributed by atoms with Crippen LogP contribution in [0.15, 0.2) is 25.3 Å². The lowest BCUT2D eigenvalue weighted by Gasteiger charge is -2.20. The fraction of sp³-hybridized carbons (Fsp3) is 0.500. The summed E-state index contributed by atoms with van der Waals surface area (Å²) in [5.74, 6) is 0.208. The highest BCUT2D eigenvalue weighted by atomic mass is 31.2. The topological polar surface area (TPSA) is 294 Å². The van der Waals surface area contributed by atoms with Crippen LogP contribution in [0, 0.1) is 0 Å². The van der Waals surface area contributed by atoms with Crippen molar-refractivity contribution in [1.29, 1.82) is 0 Å². The van der Waals surface area contributed by atoms with Crippen LogP contribution in [0.3, 0.4) is 0 Å². The molecule has 0 spiro atoms. The van der Waals surface area contributed by atoms with E-state index in [0.29, 0.717) is 0 Å². The Balaban J connectivity index is 1.07. The molecule has 2 saturated heterocycles. The molecular formula is C20H25N10O10P. The second kappa shape index (κ2) is 10.4. The second-order valence-electron chi connectivity index (χ2n) is 9.32. The Bertz CT molecular complexity index is 1510. The first-order valence-electron chi connectivity index (χ1n) is 12.1. The Labute approximate surface area is 228 Å². The number of aromatic nitrogens is 8. The molecule has 2 aliphatic rings. The zero-order chi connectivity index (χ0) is 29.1. The molecule has 21 heteroatoms. The van der Waals surface area contributed by atoms with E-state index >= 15 is 0 Å². The first-order valence-corrected chi connectivity index (χ1v) is 13.6. The quantitative estimate of drug-likeness (QED) is 0.101. The van der Waals surface area contributed by atoms with Crippen molar-refractivity contribution in [2.45, 2.75) is 49.1 Å². The molecule has 6 heterocycles. The van der Waals surface area contributed by atoms with Gasteiger partial charge < -0.3 is 46.3 Å². The molecule has 0 saturated carbocycles. The number of aliphatic hydroxyl groups excluding tert-OH is 4. The summed E-state index contributed by atoms with van der Waals surface area (Å²) in [6, 6.07) is 0. The second-order valence-corrected chi connectivity index (χ2v) is 10.8. The van der Waals surface area contributed by atoms with E-state index in [9.17, 15) is 29.9 Å². The van der Waals surface area contributed by atoms with Gasteiger partial charge in [-0.15, -0.1) is 0 Å². The van der Waals surface area contributed by atoms with E-state index in [0.717, 1.165) is 0 Å². The highest BCUT2D eigenvalue weighted by molar-refractivity contribution is 7.47. The fourth-order valence-electron chi connectivity index (χ4n) is 4.68. The largest absolute Gasteiger partial charge is 0.472 e. The van der Waals surface area contributed by atoms with Gasteiger partial charge in [0.15, 0.2) is 35.4 Å². The number of anilines is 2. The molecule has 0 bridgehead atoms. The molecule has 20 nitrogen and oxygen atoms in total. The van der Waals surface area contributed by atoms with E-state index in [1.54, 1.807) is 0 Å². The van der Waals surface area contributed by atoms with Crippen LogP contribution in [-0.4, -0.2) is 114 Å². The van der Waals surface area contributed by atoms with E-state index in [1.165, 1.54) is 34.4 Å². The van der Waals surface area contributed by atoms with Crippen molar-refractivity contribution >= 4 is 41.8 Å². The number of phosphoric acid groups is 1. The Morgan fingerprint density at radius 2 is 1.15 bits per heavy atom. The van der Waals surface area contributed by atoms with Gasteiger partial charge in [0.1, 0.15) is 60.3 Å². The number of hydrogen-bond acceptors (Lipinski definition) is 17. The van der Waals surface area contributed by atoms with E-state index in [1.807, 2.05) is 0 Å². The third kappa shape index (κ3) is 4.89. The van der Waals surface area contributed by atoms with Crippen molar-refractivity contribution in [1.82, 2.24) is 39.0 Å². The molecule has 0 amide bonds. The minimum absolute atomic E-state index is 0.104. The van der Waals surface area contributed by atoms with Gasteiger partial charge in [-0.2, -0.15) is 0 Å². The van der Waals surface area contributed by atoms with Crippen LogP contribution in [0.5, 0.6) is 0 Å². The van der Waals surface area contributed by atoms with Gasteiger partial charge in [-0.25, -0.2) is 34.5 Å². The number of aliphatic hydroxyl groups is 4. The summed E-state index contributed by atoms with van der Waals surface area (Å²) in [7, 11) is -4.80. The average Bonchev–Trinajstić information content (AvgIpc) is 3.70. The molecule has 4 aromatic heterocycles. The Morgan fingerprint density at radius 3 is 1.56 bits per heavy atom. The monoisotopic (exact) mass is 596 g/mol. The zero-order valence-electron chi connectivity index (χ0n) is 20.8. The Hall–Kier alpha value is -3.43. The third-order valence-corrected chi connectivity index (χ3v) is 7.75. The van der Waals surface area contributed by atoms with Gasteiger partial charge in [-0.1, -0.05) is 0 Å². The molecular weight excluding hydrogens is 571 g/mol. The number of hydrogen-bond donors (Lipinski definition) is 7. The standard InChI is InChI=1S/C20H25N10O10P/c21-15-9-17(25-3-23-15)29(5-27-9)19-13(33)11(31)7(39-19)1-37-41(35,36)38-2-8-12(32)14(34)20(40-8)30-6-28-10-16(22)24-4-26-18(10)30/h3-8,11-14,19-20,31-34H,1-2H2,(H,35,36)(H2,21,23,25)(H2,22,24,26)/t7-,8-,11?,12?,13?,14?,19-,20-/m1/s1. The van der Waals surface area contributed by atoms with Crippen LogP contribution in [0.4, 0.5) is 11.6 Å². The summed E-state index contributed by atoms with van der Waals surface area (Å²) >= 11 is 0. The highest BCUT2D eigenvalue weighted by Crippen LogP contribution is 2.45. The lowest BCUT2D eigenvalue weighted by atomic mass is 10.1. The maximum atomic E-state index is 12.6. The lowest BCUT2D eigenvalue weighted by Crippen LogP contribution is -2.34. The van der Waals surface area contributed by atoms with Gasteiger partial charge in [0.25, 0.3) is 0 Å². The van der Waals surface area contributed by atoms with E-state index in [2.05, 4.69) is 29.9 Å². The number of fused-ring (bicyclic) bond motifs is 2. The van der Waals surface area contributed by atoms with E-state index < -0.39 is 70.1 Å². The van der Waals surface area contributed by atoms with Crippen molar-refractivity contribution in [2.24, 2.45) is 0 Å². The summed E-state index contributed by atoms with van der Waals surface area (Å²) in [6.45, 7) is -1.32. The molecule has 4 aromatic rings. The first kappa shape index (κ1) is 27.7. The number of phosphoric ester groups is 1. The van der Waals surface area contributed by atoms with Crippen molar-refractivity contribution < 1.29 is 48.4 Å². The van der Waals surface area contributed by atoms with Crippen molar-refractivity contribution in [2.75, 3.05) is 24.7 Å². The molecule has 6 rings (SSSR count). The maximum Gasteiger partial charge on any atom is 0.472 e. The number of ether oxygens (including phenoxy) is 2. The molecule has 2 aliphatic heterocycles. The predicted octanol–water partition coefficient (Wildman–Crippen LogP) is -2.80. The van der Waals surface area contributed by atoms with Crippen LogP contribution >= 0.6 is 7.82 Å². The molecule has 220 valence electrons. The van der Waals surface area contributed by atoms with Crippen molar-refractivity contribution in [3.8, 4) is 0 Å². The normalized spacial score (nSPS) is 31.7. The van der Waals surface area contributed by atoms with Gasteiger partial charge in [0.2, 0.25) is 0 Å². The summed E-state index contributed by atoms with van der Waals surface area (Å²) in [5.41, 5.74) is 12.5. The van der Waals surface area contributed by atoms with Gasteiger partial charge >= 0.3 is 7.82 Å². The number of rotatable bonds is 8. The number of imidazole rings is 2. The van der Waals surface area contributed by atoms with Crippen LogP contribution in [0.2, 0.25) is 0 Å². The van der Waals surface area contributed by atoms with Gasteiger partial charge in [-0.3, -0.25) is 18.2 Å². The van der Waals surface area contributed by atoms with Gasteiger partial charge in [0, 0.05) is 0 Å². The zero-order valence-corrected chi connectivity index (χ0v) is 21.7. The summed E-state index contributed by atoms with van der Waals surface area (Å²) in [5, 5.41) is 42.0. The molecule has 9 N–H and O–H groups in total. The summed E-state index contributed by atoms with van der Waals surface area (Å²) < 4.78 is 36.5. The highest BCUT2D eigenvalue weighted by Gasteiger charge is 2.47. The van der Waals surface area contributed by atoms with Crippen molar-refractivity contribution in [3.05, 3.63) is 25.3 Å². The van der Waals surface area contributed by atoms with Crippen LogP contribution in [0.25, 0.3) is 22.3 Å². The minimum Gasteiger partial charge on any atom is -0.387 e. The van der Waals surface area contributed by atoms with Crippen molar-refractivity contribution in [3.63, 3.8) is 0 Å². The molecule has 0 radical (unpaired) electrons. The smallest absolute Gasteiger partial charge is 0.387 e. The SMILES string of the molecule is Nc1ncnc2c1ncn2[C@@H]1O[C@H](COP(=O)(O)OC[C@H]2O[C@@H](n3cnc4c(N)ncnc43)C(O)C2O)C(O)C1O. The number of nitrogens with zero attached hydrogens (tertiary/aromatic N) is 8. The van der Waals surface area contributed by atoms with E-state index in [4.69, 9.17) is 30.0 Å². The molecule has 2 fully saturated rings. The average molecular weight is 596 g/mol. The Kier molecular flexibility index (Phi) is 7.06. The van der Waals surface area contributed by atoms with Crippen LogP contribution in [-0.2, 0) is 23.1 Å². The van der Waals surface area contributed by atoms with E-state index in [-0.39, 0.29) is 34.0 Å². The Morgan fingerprint density at radius 1 is 0.732 bits per heavy atom. The maximum absolute atomic E-state index is 12.6. The molecule has 41 heavy (non-hydrogen) atoms. The van der Waals surface area contributed by atoms with Gasteiger partial charge in [0.05, 0.1) is 25.9 Å². The van der Waals surface area contributed by atoms with Crippen LogP contribution < -0.4 is 11.5 Å². The predicted molar refractivity (Wildman–Crippen MR) is 133 cm³/mol. The third-order valence-electron chi connectivity index (χ3n) is 6.80. The summed E-state index contributed by atoms with van der Waals surface area (Å²) in [4.78, 5) is 34.2. The number of nitrogen functional groups attached to an aromatic ring is 2. The number of nitrogens with two attached hydrogens (primary N) is 2. The minimum atomic E-state index is -4.80. The lowest BCUT2D eigenvalue weighted by molar-refractivity contribution is -0.0608. The molecule has 8 atom stereocenters. The molecule has 0 aliphatic carbocycles.